The van der Waals surface area contributed by atoms with Gasteiger partial charge in [-0.2, -0.15) is 0 Å². The summed E-state index contributed by atoms with van der Waals surface area (Å²) in [5.74, 6) is 0.268. The third-order valence-electron chi connectivity index (χ3n) is 5.38. The van der Waals surface area contributed by atoms with Gasteiger partial charge in [-0.05, 0) is 36.5 Å². The molecule has 0 spiro atoms. The van der Waals surface area contributed by atoms with Crippen molar-refractivity contribution in [1.29, 1.82) is 0 Å². The lowest BCUT2D eigenvalue weighted by Crippen LogP contribution is -2.42. The van der Waals surface area contributed by atoms with Crippen molar-refractivity contribution in [2.24, 2.45) is 10.3 Å². The van der Waals surface area contributed by atoms with Crippen LogP contribution in [0, 0.1) is 5.92 Å². The number of hydrogen-bond acceptors (Lipinski definition) is 3. The second-order valence-corrected chi connectivity index (χ2v) is 9.31. The molecule has 0 amide bonds. The Labute approximate surface area is 151 Å². The highest BCUT2D eigenvalue weighted by Gasteiger charge is 2.42. The van der Waals surface area contributed by atoms with Crippen LogP contribution >= 0.6 is 0 Å². The molecule has 134 valence electrons. The van der Waals surface area contributed by atoms with E-state index in [0.29, 0.717) is 4.90 Å². The van der Waals surface area contributed by atoms with Gasteiger partial charge in [0.25, 0.3) is 0 Å². The molecule has 4 heteroatoms. The van der Waals surface area contributed by atoms with Crippen LogP contribution in [0.2, 0.25) is 0 Å². The van der Waals surface area contributed by atoms with Crippen molar-refractivity contribution in [1.82, 2.24) is 0 Å². The summed E-state index contributed by atoms with van der Waals surface area (Å²) in [6.45, 7) is 0. The van der Waals surface area contributed by atoms with E-state index >= 15 is 0 Å². The van der Waals surface area contributed by atoms with Crippen LogP contribution in [0.3, 0.4) is 0 Å². The fourth-order valence-corrected chi connectivity index (χ4v) is 6.02. The first-order chi connectivity index (χ1) is 12.1. The standard InChI is InChI=1S/C21H27NO2S/c1-22-25(24,20-15-9-4-10-16-20)17-21(23,18-11-5-2-6-12-18)19-13-7-3-8-14-19/h2,4-6,9-12,15-16,19,23H,3,7-8,13-14,17H2,1H3/t21?,25-/m0/s1. The van der Waals surface area contributed by atoms with E-state index in [9.17, 15) is 9.32 Å². The van der Waals surface area contributed by atoms with E-state index in [1.54, 1.807) is 7.05 Å². The second kappa shape index (κ2) is 7.71. The second-order valence-electron chi connectivity index (χ2n) is 6.91. The first-order valence-corrected chi connectivity index (χ1v) is 10.7. The molecule has 1 unspecified atom stereocenters. The fraction of sp³-hybridized carbons (Fsp3) is 0.429. The van der Waals surface area contributed by atoms with Crippen LogP contribution in [0.15, 0.2) is 69.9 Å². The summed E-state index contributed by atoms with van der Waals surface area (Å²) in [4.78, 5) is 0.697. The minimum atomic E-state index is -2.69. The first-order valence-electron chi connectivity index (χ1n) is 9.04. The molecule has 0 bridgehead atoms. The molecule has 0 radical (unpaired) electrons. The summed E-state index contributed by atoms with van der Waals surface area (Å²) in [5.41, 5.74) is -0.261. The van der Waals surface area contributed by atoms with Crippen molar-refractivity contribution in [3.05, 3.63) is 66.2 Å². The number of nitrogens with zero attached hydrogens (tertiary/aromatic N) is 1. The third kappa shape index (κ3) is 3.80. The quantitative estimate of drug-likeness (QED) is 0.849. The molecule has 2 atom stereocenters. The molecular formula is C21H27NO2S. The maximum absolute atomic E-state index is 13.7. The maximum Gasteiger partial charge on any atom is 0.105 e. The van der Waals surface area contributed by atoms with Gasteiger partial charge in [0.2, 0.25) is 0 Å². The van der Waals surface area contributed by atoms with Gasteiger partial charge in [0, 0.05) is 11.9 Å². The fourth-order valence-electron chi connectivity index (χ4n) is 3.93. The predicted molar refractivity (Wildman–Crippen MR) is 103 cm³/mol. The SMILES string of the molecule is CN=[S@](=O)(CC(O)(c1ccccc1)C1CCCCC1)c1ccccc1. The van der Waals surface area contributed by atoms with Gasteiger partial charge in [-0.3, -0.25) is 0 Å². The summed E-state index contributed by atoms with van der Waals surface area (Å²) in [7, 11) is -1.09. The number of rotatable bonds is 5. The van der Waals surface area contributed by atoms with Gasteiger partial charge >= 0.3 is 0 Å². The molecule has 0 aliphatic heterocycles. The third-order valence-corrected chi connectivity index (χ3v) is 7.81. The molecule has 3 nitrogen and oxygen atoms in total. The molecule has 1 saturated carbocycles. The molecule has 1 aliphatic rings. The highest BCUT2D eigenvalue weighted by Crippen LogP contribution is 2.41. The van der Waals surface area contributed by atoms with Crippen LogP contribution in [-0.4, -0.2) is 22.1 Å². The highest BCUT2D eigenvalue weighted by molar-refractivity contribution is 7.93. The van der Waals surface area contributed by atoms with Crippen molar-refractivity contribution in [2.45, 2.75) is 42.6 Å². The van der Waals surface area contributed by atoms with E-state index in [4.69, 9.17) is 0 Å². The Hall–Kier alpha value is -1.65. The van der Waals surface area contributed by atoms with Crippen molar-refractivity contribution in [2.75, 3.05) is 12.8 Å². The van der Waals surface area contributed by atoms with Crippen LogP contribution in [0.25, 0.3) is 0 Å². The van der Waals surface area contributed by atoms with E-state index in [0.717, 1.165) is 31.2 Å². The zero-order chi connectivity index (χ0) is 17.8. The Kier molecular flexibility index (Phi) is 5.60. The largest absolute Gasteiger partial charge is 0.384 e. The normalized spacial score (nSPS) is 20.4. The molecule has 0 heterocycles. The molecule has 2 aromatic carbocycles. The summed E-state index contributed by atoms with van der Waals surface area (Å²) < 4.78 is 17.9. The lowest BCUT2D eigenvalue weighted by atomic mass is 9.74. The Morgan fingerprint density at radius 3 is 2.12 bits per heavy atom. The molecule has 3 rings (SSSR count). The molecule has 0 saturated heterocycles. The average Bonchev–Trinajstić information content (AvgIpc) is 2.70. The van der Waals surface area contributed by atoms with Crippen molar-refractivity contribution in [3.8, 4) is 0 Å². The lowest BCUT2D eigenvalue weighted by molar-refractivity contribution is -0.0178. The van der Waals surface area contributed by atoms with Gasteiger partial charge in [-0.15, -0.1) is 0 Å². The maximum atomic E-state index is 13.7. The van der Waals surface area contributed by atoms with E-state index in [2.05, 4.69) is 4.36 Å². The molecule has 1 N–H and O–H groups in total. The van der Waals surface area contributed by atoms with E-state index in [1.807, 2.05) is 60.7 Å². The van der Waals surface area contributed by atoms with Crippen LogP contribution in [0.5, 0.6) is 0 Å². The minimum Gasteiger partial charge on any atom is -0.384 e. The lowest BCUT2D eigenvalue weighted by Gasteiger charge is -2.39. The molecule has 1 fully saturated rings. The summed E-state index contributed by atoms with van der Waals surface area (Å²) in [6.07, 6.45) is 5.40. The van der Waals surface area contributed by atoms with E-state index < -0.39 is 15.3 Å². The smallest absolute Gasteiger partial charge is 0.105 e. The van der Waals surface area contributed by atoms with Gasteiger partial charge in [-0.1, -0.05) is 67.8 Å². The number of hydrogen-bond donors (Lipinski definition) is 1. The van der Waals surface area contributed by atoms with Crippen LogP contribution in [-0.2, 0) is 15.3 Å². The summed E-state index contributed by atoms with van der Waals surface area (Å²) >= 11 is 0. The van der Waals surface area contributed by atoms with Gasteiger partial charge in [0.1, 0.15) is 5.60 Å². The topological polar surface area (TPSA) is 49.7 Å². The van der Waals surface area contributed by atoms with Gasteiger partial charge in [0.15, 0.2) is 0 Å². The van der Waals surface area contributed by atoms with Crippen molar-refractivity contribution in [3.63, 3.8) is 0 Å². The Morgan fingerprint density at radius 2 is 1.56 bits per heavy atom. The summed E-state index contributed by atoms with van der Waals surface area (Å²) in [6, 6.07) is 19.1. The van der Waals surface area contributed by atoms with Crippen LogP contribution < -0.4 is 0 Å². The Morgan fingerprint density at radius 1 is 1.00 bits per heavy atom. The van der Waals surface area contributed by atoms with E-state index in [1.165, 1.54) is 6.42 Å². The highest BCUT2D eigenvalue weighted by atomic mass is 32.2. The van der Waals surface area contributed by atoms with Gasteiger partial charge in [-0.25, -0.2) is 8.57 Å². The van der Waals surface area contributed by atoms with Crippen LogP contribution in [0.4, 0.5) is 0 Å². The summed E-state index contributed by atoms with van der Waals surface area (Å²) in [5, 5.41) is 11.8. The van der Waals surface area contributed by atoms with Gasteiger partial charge in [0.05, 0.1) is 15.5 Å². The number of benzene rings is 2. The van der Waals surface area contributed by atoms with E-state index in [-0.39, 0.29) is 11.7 Å². The predicted octanol–water partition coefficient (Wildman–Crippen LogP) is 4.61. The zero-order valence-corrected chi connectivity index (χ0v) is 15.6. The van der Waals surface area contributed by atoms with Crippen LogP contribution in [0.1, 0.15) is 37.7 Å². The first kappa shape index (κ1) is 18.2. The molecule has 25 heavy (non-hydrogen) atoms. The Bertz CT molecular complexity index is 791. The zero-order valence-electron chi connectivity index (χ0n) is 14.8. The monoisotopic (exact) mass is 357 g/mol. The molecule has 0 aromatic heterocycles. The Balaban J connectivity index is 2.04. The molecular weight excluding hydrogens is 330 g/mol. The van der Waals surface area contributed by atoms with Crippen molar-refractivity contribution < 1.29 is 9.32 Å². The molecule has 2 aromatic rings. The molecule has 1 aliphatic carbocycles. The van der Waals surface area contributed by atoms with Crippen molar-refractivity contribution >= 4 is 9.73 Å². The number of aliphatic hydroxyl groups is 1. The van der Waals surface area contributed by atoms with Gasteiger partial charge < -0.3 is 5.11 Å². The average molecular weight is 358 g/mol. The minimum absolute atomic E-state index is 0.120.